The number of rotatable bonds is 6. The number of hydrogen-bond acceptors (Lipinski definition) is 6. The lowest BCUT2D eigenvalue weighted by atomic mass is 10.2. The first kappa shape index (κ1) is 16.7. The van der Waals surface area contributed by atoms with Gasteiger partial charge in [0.1, 0.15) is 5.75 Å². The van der Waals surface area contributed by atoms with Gasteiger partial charge in [-0.15, -0.1) is 12.4 Å². The number of nitrogens with zero attached hydrogens (tertiary/aromatic N) is 2. The van der Waals surface area contributed by atoms with E-state index in [1.54, 1.807) is 7.11 Å². The van der Waals surface area contributed by atoms with Gasteiger partial charge in [0.05, 0.1) is 13.7 Å². The van der Waals surface area contributed by atoms with Crippen molar-refractivity contribution in [2.45, 2.75) is 18.9 Å². The molecule has 3 rings (SSSR count). The maximum atomic E-state index is 11.7. The van der Waals surface area contributed by atoms with Crippen molar-refractivity contribution >= 4 is 35.0 Å². The van der Waals surface area contributed by atoms with Crippen molar-refractivity contribution in [3.8, 4) is 17.1 Å². The first-order chi connectivity index (χ1) is 10.2. The highest BCUT2D eigenvalue weighted by molar-refractivity contribution is 7.10. The number of benzene rings is 1. The second-order valence-corrected chi connectivity index (χ2v) is 5.61. The Hall–Kier alpha value is -1.70. The molecule has 0 atom stereocenters. The zero-order valence-electron chi connectivity index (χ0n) is 12.0. The Bertz CT molecular complexity index is 628. The van der Waals surface area contributed by atoms with Crippen LogP contribution in [-0.2, 0) is 4.79 Å². The second-order valence-electron chi connectivity index (χ2n) is 4.85. The highest BCUT2D eigenvalue weighted by Crippen LogP contribution is 2.23. The molecule has 0 bridgehead atoms. The van der Waals surface area contributed by atoms with Gasteiger partial charge in [0, 0.05) is 23.1 Å². The van der Waals surface area contributed by atoms with Crippen molar-refractivity contribution in [3.05, 3.63) is 24.3 Å². The third kappa shape index (κ3) is 4.40. The predicted octanol–water partition coefficient (Wildman–Crippen LogP) is 2.33. The minimum atomic E-state index is -0.0840. The monoisotopic (exact) mass is 340 g/mol. The molecule has 118 valence electrons. The molecule has 6 nitrogen and oxygen atoms in total. The van der Waals surface area contributed by atoms with E-state index in [0.717, 1.165) is 24.2 Å². The van der Waals surface area contributed by atoms with Crippen molar-refractivity contribution in [2.24, 2.45) is 0 Å². The van der Waals surface area contributed by atoms with Gasteiger partial charge in [0.15, 0.2) is 5.82 Å². The van der Waals surface area contributed by atoms with Crippen LogP contribution in [0.2, 0.25) is 0 Å². The van der Waals surface area contributed by atoms with E-state index in [2.05, 4.69) is 20.0 Å². The highest BCUT2D eigenvalue weighted by Gasteiger charge is 2.21. The Morgan fingerprint density at radius 2 is 2.09 bits per heavy atom. The summed E-state index contributed by atoms with van der Waals surface area (Å²) in [7, 11) is 1.62. The topological polar surface area (TPSA) is 76.1 Å². The Morgan fingerprint density at radius 1 is 1.36 bits per heavy atom. The van der Waals surface area contributed by atoms with Crippen LogP contribution in [0.1, 0.15) is 12.8 Å². The number of amides is 1. The van der Waals surface area contributed by atoms with Crippen LogP contribution in [0, 0.1) is 0 Å². The summed E-state index contributed by atoms with van der Waals surface area (Å²) in [5, 5.41) is 6.43. The molecular formula is C14H17ClN4O2S. The number of hydrogen-bond donors (Lipinski definition) is 2. The summed E-state index contributed by atoms with van der Waals surface area (Å²) in [6.45, 7) is 0.322. The summed E-state index contributed by atoms with van der Waals surface area (Å²) in [4.78, 5) is 16.0. The molecule has 1 saturated carbocycles. The molecule has 0 saturated heterocycles. The Morgan fingerprint density at radius 3 is 2.73 bits per heavy atom. The van der Waals surface area contributed by atoms with Crippen LogP contribution in [0.5, 0.6) is 5.75 Å². The zero-order valence-corrected chi connectivity index (χ0v) is 13.7. The maximum absolute atomic E-state index is 11.7. The molecule has 0 aliphatic heterocycles. The molecule has 1 heterocycles. The fourth-order valence-corrected chi connectivity index (χ4v) is 2.43. The smallest absolute Gasteiger partial charge is 0.240 e. The molecule has 2 aromatic rings. The SMILES string of the molecule is COc1ccc(-c2nsc(NC(=O)CNC3CC3)n2)cc1.Cl. The zero-order chi connectivity index (χ0) is 14.7. The molecule has 22 heavy (non-hydrogen) atoms. The number of methoxy groups -OCH3 is 1. The van der Waals surface area contributed by atoms with Gasteiger partial charge in [0.25, 0.3) is 0 Å². The van der Waals surface area contributed by atoms with Gasteiger partial charge < -0.3 is 10.1 Å². The third-order valence-electron chi connectivity index (χ3n) is 3.15. The quantitative estimate of drug-likeness (QED) is 0.844. The highest BCUT2D eigenvalue weighted by atomic mass is 35.5. The molecule has 1 aliphatic rings. The molecule has 1 fully saturated rings. The van der Waals surface area contributed by atoms with Gasteiger partial charge in [-0.25, -0.2) is 0 Å². The number of carbonyl (C=O) groups excluding carboxylic acids is 1. The van der Waals surface area contributed by atoms with Gasteiger partial charge in [-0.05, 0) is 37.1 Å². The van der Waals surface area contributed by atoms with Gasteiger partial charge in [-0.3, -0.25) is 10.1 Å². The van der Waals surface area contributed by atoms with Crippen LogP contribution in [0.4, 0.5) is 5.13 Å². The average molecular weight is 341 g/mol. The van der Waals surface area contributed by atoms with E-state index >= 15 is 0 Å². The van der Waals surface area contributed by atoms with Gasteiger partial charge >= 0.3 is 0 Å². The molecule has 0 spiro atoms. The number of anilines is 1. The van der Waals surface area contributed by atoms with E-state index in [4.69, 9.17) is 4.74 Å². The summed E-state index contributed by atoms with van der Waals surface area (Å²) in [6, 6.07) is 8.00. The number of halogens is 1. The summed E-state index contributed by atoms with van der Waals surface area (Å²) >= 11 is 1.18. The van der Waals surface area contributed by atoms with E-state index in [1.165, 1.54) is 11.5 Å². The minimum absolute atomic E-state index is 0. The standard InChI is InChI=1S/C14H16N4O2S.ClH/c1-20-11-6-2-9(3-7-11)13-17-14(21-18-13)16-12(19)8-15-10-4-5-10;/h2-3,6-7,10,15H,4-5,8H2,1H3,(H,16,17,18,19);1H. The molecule has 1 amide bonds. The normalized spacial score (nSPS) is 13.3. The summed E-state index contributed by atoms with van der Waals surface area (Å²) in [5.74, 6) is 1.31. The number of carbonyl (C=O) groups is 1. The lowest BCUT2D eigenvalue weighted by molar-refractivity contribution is -0.115. The van der Waals surface area contributed by atoms with Gasteiger partial charge in [0.2, 0.25) is 11.0 Å². The summed E-state index contributed by atoms with van der Waals surface area (Å²) in [6.07, 6.45) is 2.32. The second kappa shape index (κ2) is 7.53. The van der Waals surface area contributed by atoms with Gasteiger partial charge in [-0.2, -0.15) is 9.36 Å². The van der Waals surface area contributed by atoms with Crippen LogP contribution < -0.4 is 15.4 Å². The van der Waals surface area contributed by atoms with Crippen molar-refractivity contribution in [1.29, 1.82) is 0 Å². The van der Waals surface area contributed by atoms with Gasteiger partial charge in [-0.1, -0.05) is 0 Å². The molecule has 1 aromatic carbocycles. The van der Waals surface area contributed by atoms with E-state index in [0.29, 0.717) is 23.5 Å². The molecule has 8 heteroatoms. The van der Waals surface area contributed by atoms with Crippen LogP contribution >= 0.6 is 23.9 Å². The Balaban J connectivity index is 0.00000176. The lowest BCUT2D eigenvalue weighted by Gasteiger charge is -2.02. The van der Waals surface area contributed by atoms with E-state index < -0.39 is 0 Å². The van der Waals surface area contributed by atoms with Crippen LogP contribution in [0.15, 0.2) is 24.3 Å². The summed E-state index contributed by atoms with van der Waals surface area (Å²) < 4.78 is 9.37. The molecular weight excluding hydrogens is 324 g/mol. The molecule has 1 aliphatic carbocycles. The van der Waals surface area contributed by atoms with Crippen molar-refractivity contribution in [3.63, 3.8) is 0 Å². The van der Waals surface area contributed by atoms with Crippen molar-refractivity contribution in [1.82, 2.24) is 14.7 Å². The molecule has 1 aromatic heterocycles. The fourth-order valence-electron chi connectivity index (χ4n) is 1.82. The average Bonchev–Trinajstić information content (AvgIpc) is 3.23. The van der Waals surface area contributed by atoms with Crippen molar-refractivity contribution < 1.29 is 9.53 Å². The molecule has 0 radical (unpaired) electrons. The number of aromatic nitrogens is 2. The third-order valence-corrected chi connectivity index (χ3v) is 3.78. The van der Waals surface area contributed by atoms with Crippen LogP contribution in [0.3, 0.4) is 0 Å². The lowest BCUT2D eigenvalue weighted by Crippen LogP contribution is -2.29. The first-order valence-electron chi connectivity index (χ1n) is 6.76. The van der Waals surface area contributed by atoms with Crippen LogP contribution in [-0.4, -0.2) is 35.0 Å². The maximum Gasteiger partial charge on any atom is 0.240 e. The molecule has 0 unspecified atom stereocenters. The number of nitrogens with one attached hydrogen (secondary N) is 2. The van der Waals surface area contributed by atoms with Crippen LogP contribution in [0.25, 0.3) is 11.4 Å². The van der Waals surface area contributed by atoms with E-state index in [-0.39, 0.29) is 18.3 Å². The summed E-state index contributed by atoms with van der Waals surface area (Å²) in [5.41, 5.74) is 0.892. The van der Waals surface area contributed by atoms with E-state index in [9.17, 15) is 4.79 Å². The van der Waals surface area contributed by atoms with Crippen molar-refractivity contribution in [2.75, 3.05) is 19.0 Å². The first-order valence-corrected chi connectivity index (χ1v) is 7.53. The Labute approximate surface area is 138 Å². The Kier molecular flexibility index (Phi) is 5.70. The predicted molar refractivity (Wildman–Crippen MR) is 88.8 cm³/mol. The molecule has 2 N–H and O–H groups in total. The van der Waals surface area contributed by atoms with E-state index in [1.807, 2.05) is 24.3 Å². The number of ether oxygens (including phenoxy) is 1. The minimum Gasteiger partial charge on any atom is -0.497 e. The largest absolute Gasteiger partial charge is 0.497 e. The fraction of sp³-hybridized carbons (Fsp3) is 0.357.